The van der Waals surface area contributed by atoms with E-state index in [0.29, 0.717) is 23.3 Å². The highest BCUT2D eigenvalue weighted by Crippen LogP contribution is 2.32. The third-order valence-corrected chi connectivity index (χ3v) is 3.12. The van der Waals surface area contributed by atoms with E-state index >= 15 is 0 Å². The van der Waals surface area contributed by atoms with Crippen molar-refractivity contribution in [1.29, 1.82) is 0 Å². The summed E-state index contributed by atoms with van der Waals surface area (Å²) in [5.74, 6) is 1.24. The van der Waals surface area contributed by atoms with Gasteiger partial charge in [-0.3, -0.25) is 0 Å². The molecule has 2 N–H and O–H groups in total. The van der Waals surface area contributed by atoms with Gasteiger partial charge in [0.2, 0.25) is 0 Å². The number of hydrogen-bond donors (Lipinski definition) is 1. The molecule has 1 aliphatic carbocycles. The summed E-state index contributed by atoms with van der Waals surface area (Å²) >= 11 is 0. The first-order valence-corrected chi connectivity index (χ1v) is 4.87. The van der Waals surface area contributed by atoms with Crippen LogP contribution in [0, 0.1) is 17.3 Å². The summed E-state index contributed by atoms with van der Waals surface area (Å²) < 4.78 is 0. The standard InChI is InChI=1S/C11H21N/c1-8-5-6-11(3,4)7-10(12)9(8)2/h5-6,8-10H,7,12H2,1-4H3/t8-,9+,10?/m0/s1. The normalized spacial score (nSPS) is 40.9. The molecule has 1 unspecified atom stereocenters. The summed E-state index contributed by atoms with van der Waals surface area (Å²) in [6, 6.07) is 0.352. The van der Waals surface area contributed by atoms with Crippen LogP contribution < -0.4 is 5.73 Å². The molecule has 3 atom stereocenters. The summed E-state index contributed by atoms with van der Waals surface area (Å²) in [6.45, 7) is 9.02. The molecular weight excluding hydrogens is 146 g/mol. The van der Waals surface area contributed by atoms with Gasteiger partial charge in [-0.25, -0.2) is 0 Å². The monoisotopic (exact) mass is 167 g/mol. The number of rotatable bonds is 0. The molecular formula is C11H21N. The summed E-state index contributed by atoms with van der Waals surface area (Å²) in [7, 11) is 0. The Kier molecular flexibility index (Phi) is 2.62. The molecule has 0 saturated carbocycles. The van der Waals surface area contributed by atoms with E-state index < -0.39 is 0 Å². The lowest BCUT2D eigenvalue weighted by Crippen LogP contribution is -2.33. The molecule has 0 spiro atoms. The minimum Gasteiger partial charge on any atom is -0.327 e. The molecule has 0 aromatic carbocycles. The number of nitrogens with two attached hydrogens (primary N) is 1. The highest BCUT2D eigenvalue weighted by molar-refractivity contribution is 5.04. The van der Waals surface area contributed by atoms with Crippen LogP contribution in [0.2, 0.25) is 0 Å². The molecule has 0 fully saturated rings. The largest absolute Gasteiger partial charge is 0.327 e. The third kappa shape index (κ3) is 2.10. The lowest BCUT2D eigenvalue weighted by molar-refractivity contribution is 0.309. The van der Waals surface area contributed by atoms with Crippen LogP contribution >= 0.6 is 0 Å². The van der Waals surface area contributed by atoms with Crippen LogP contribution in [0.25, 0.3) is 0 Å². The number of hydrogen-bond acceptors (Lipinski definition) is 1. The summed E-state index contributed by atoms with van der Waals surface area (Å²) in [5, 5.41) is 0. The van der Waals surface area contributed by atoms with E-state index in [1.807, 2.05) is 0 Å². The van der Waals surface area contributed by atoms with Gasteiger partial charge in [0.05, 0.1) is 0 Å². The Labute approximate surface area is 76.0 Å². The highest BCUT2D eigenvalue weighted by atomic mass is 14.7. The Morgan fingerprint density at radius 2 is 1.92 bits per heavy atom. The Bertz CT molecular complexity index is 181. The van der Waals surface area contributed by atoms with Crippen molar-refractivity contribution < 1.29 is 0 Å². The first-order chi connectivity index (χ1) is 5.42. The molecule has 1 nitrogen and oxygen atoms in total. The van der Waals surface area contributed by atoms with Gasteiger partial charge in [0, 0.05) is 6.04 Å². The van der Waals surface area contributed by atoms with Gasteiger partial charge in [-0.05, 0) is 23.7 Å². The molecule has 0 aliphatic heterocycles. The molecule has 0 heterocycles. The zero-order chi connectivity index (χ0) is 9.35. The summed E-state index contributed by atoms with van der Waals surface area (Å²) in [5.41, 5.74) is 6.39. The van der Waals surface area contributed by atoms with Crippen molar-refractivity contribution in [3.63, 3.8) is 0 Å². The van der Waals surface area contributed by atoms with Gasteiger partial charge < -0.3 is 5.73 Å². The van der Waals surface area contributed by atoms with E-state index in [0.717, 1.165) is 6.42 Å². The van der Waals surface area contributed by atoms with Crippen LogP contribution in [0.5, 0.6) is 0 Å². The van der Waals surface area contributed by atoms with E-state index in [2.05, 4.69) is 39.8 Å². The Morgan fingerprint density at radius 1 is 1.33 bits per heavy atom. The average molecular weight is 167 g/mol. The molecule has 0 bridgehead atoms. The molecule has 0 aromatic heterocycles. The Balaban J connectivity index is 2.79. The number of allylic oxidation sites excluding steroid dienone is 2. The molecule has 0 radical (unpaired) electrons. The maximum Gasteiger partial charge on any atom is 0.00781 e. The topological polar surface area (TPSA) is 26.0 Å². The SMILES string of the molecule is C[C@H]1C=CC(C)(C)CC(N)[C@@H]1C. The lowest BCUT2D eigenvalue weighted by Gasteiger charge is -2.26. The van der Waals surface area contributed by atoms with Crippen molar-refractivity contribution in [3.05, 3.63) is 12.2 Å². The molecule has 70 valence electrons. The first kappa shape index (κ1) is 9.79. The zero-order valence-electron chi connectivity index (χ0n) is 8.67. The van der Waals surface area contributed by atoms with Crippen molar-refractivity contribution >= 4 is 0 Å². The third-order valence-electron chi connectivity index (χ3n) is 3.12. The van der Waals surface area contributed by atoms with Crippen LogP contribution in [-0.2, 0) is 0 Å². The zero-order valence-corrected chi connectivity index (χ0v) is 8.67. The Hall–Kier alpha value is -0.300. The second-order valence-corrected chi connectivity index (χ2v) is 4.93. The van der Waals surface area contributed by atoms with Gasteiger partial charge >= 0.3 is 0 Å². The van der Waals surface area contributed by atoms with Crippen LogP contribution in [0.15, 0.2) is 12.2 Å². The van der Waals surface area contributed by atoms with Gasteiger partial charge in [-0.2, -0.15) is 0 Å². The molecule has 12 heavy (non-hydrogen) atoms. The highest BCUT2D eigenvalue weighted by Gasteiger charge is 2.27. The predicted molar refractivity (Wildman–Crippen MR) is 53.8 cm³/mol. The molecule has 0 aromatic rings. The lowest BCUT2D eigenvalue weighted by atomic mass is 9.83. The minimum atomic E-state index is 0.290. The summed E-state index contributed by atoms with van der Waals surface area (Å²) in [4.78, 5) is 0. The fraction of sp³-hybridized carbons (Fsp3) is 0.818. The van der Waals surface area contributed by atoms with Crippen LogP contribution in [0.4, 0.5) is 0 Å². The van der Waals surface area contributed by atoms with Crippen LogP contribution in [0.3, 0.4) is 0 Å². The molecule has 0 amide bonds. The van der Waals surface area contributed by atoms with E-state index in [4.69, 9.17) is 5.73 Å². The molecule has 1 rings (SSSR count). The smallest absolute Gasteiger partial charge is 0.00781 e. The predicted octanol–water partition coefficient (Wildman–Crippen LogP) is 2.57. The van der Waals surface area contributed by atoms with E-state index in [-0.39, 0.29) is 0 Å². The molecule has 1 heteroatoms. The van der Waals surface area contributed by atoms with E-state index in [9.17, 15) is 0 Å². The van der Waals surface area contributed by atoms with Crippen LogP contribution in [0.1, 0.15) is 34.1 Å². The Morgan fingerprint density at radius 3 is 2.50 bits per heavy atom. The molecule has 0 saturated heterocycles. The van der Waals surface area contributed by atoms with Gasteiger partial charge in [0.1, 0.15) is 0 Å². The van der Waals surface area contributed by atoms with Gasteiger partial charge in [0.15, 0.2) is 0 Å². The van der Waals surface area contributed by atoms with Crippen molar-refractivity contribution in [3.8, 4) is 0 Å². The summed E-state index contributed by atoms with van der Waals surface area (Å²) in [6.07, 6.45) is 5.74. The fourth-order valence-corrected chi connectivity index (χ4v) is 1.84. The van der Waals surface area contributed by atoms with Crippen molar-refractivity contribution in [1.82, 2.24) is 0 Å². The van der Waals surface area contributed by atoms with Crippen LogP contribution in [-0.4, -0.2) is 6.04 Å². The molecule has 1 aliphatic rings. The second kappa shape index (κ2) is 3.21. The van der Waals surface area contributed by atoms with Gasteiger partial charge in [-0.1, -0.05) is 39.8 Å². The van der Waals surface area contributed by atoms with Gasteiger partial charge in [0.25, 0.3) is 0 Å². The van der Waals surface area contributed by atoms with Crippen molar-refractivity contribution in [2.75, 3.05) is 0 Å². The maximum absolute atomic E-state index is 6.10. The first-order valence-electron chi connectivity index (χ1n) is 4.87. The van der Waals surface area contributed by atoms with Gasteiger partial charge in [-0.15, -0.1) is 0 Å². The maximum atomic E-state index is 6.10. The fourth-order valence-electron chi connectivity index (χ4n) is 1.84. The van der Waals surface area contributed by atoms with Crippen molar-refractivity contribution in [2.45, 2.75) is 40.2 Å². The second-order valence-electron chi connectivity index (χ2n) is 4.93. The quantitative estimate of drug-likeness (QED) is 0.551. The van der Waals surface area contributed by atoms with Crippen molar-refractivity contribution in [2.24, 2.45) is 23.0 Å². The minimum absolute atomic E-state index is 0.290. The average Bonchev–Trinajstić information content (AvgIpc) is 2.03. The van der Waals surface area contributed by atoms with E-state index in [1.54, 1.807) is 0 Å². The van der Waals surface area contributed by atoms with E-state index in [1.165, 1.54) is 0 Å².